The molecule has 7 nitrogen and oxygen atoms in total. The summed E-state index contributed by atoms with van der Waals surface area (Å²) in [6.45, 7) is 5.38. The van der Waals surface area contributed by atoms with Crippen LogP contribution in [-0.4, -0.2) is 58.9 Å². The lowest BCUT2D eigenvalue weighted by atomic mass is 10.3. The number of nitrogens with one attached hydrogen (secondary N) is 2. The van der Waals surface area contributed by atoms with Crippen molar-refractivity contribution in [2.45, 2.75) is 32.2 Å². The third kappa shape index (κ3) is 5.34. The molecule has 1 aliphatic rings. The van der Waals surface area contributed by atoms with Gasteiger partial charge in [-0.2, -0.15) is 5.10 Å². The molecule has 118 valence electrons. The largest absolute Gasteiger partial charge is 0.356 e. The van der Waals surface area contributed by atoms with Crippen LogP contribution in [-0.2, 0) is 13.6 Å². The standard InChI is InChI=1S/C14H27N7/c1-15-14(17-11-13-18-12-19-20(13)2)16-7-3-4-8-21-9-5-6-10-21/h12H,3-11H2,1-2H3,(H2,15,16,17). The van der Waals surface area contributed by atoms with E-state index in [-0.39, 0.29) is 0 Å². The van der Waals surface area contributed by atoms with Crippen LogP contribution in [0.25, 0.3) is 0 Å². The van der Waals surface area contributed by atoms with Gasteiger partial charge in [-0.3, -0.25) is 9.67 Å². The molecule has 21 heavy (non-hydrogen) atoms. The van der Waals surface area contributed by atoms with Crippen molar-refractivity contribution in [2.24, 2.45) is 12.0 Å². The quantitative estimate of drug-likeness (QED) is 0.431. The number of rotatable bonds is 7. The molecule has 1 aromatic rings. The summed E-state index contributed by atoms with van der Waals surface area (Å²) in [5.41, 5.74) is 0. The smallest absolute Gasteiger partial charge is 0.191 e. The Hall–Kier alpha value is -1.63. The van der Waals surface area contributed by atoms with E-state index in [0.717, 1.165) is 18.3 Å². The second-order valence-electron chi connectivity index (χ2n) is 5.41. The molecule has 2 heterocycles. The second kappa shape index (κ2) is 8.61. The van der Waals surface area contributed by atoms with Crippen molar-refractivity contribution >= 4 is 5.96 Å². The van der Waals surface area contributed by atoms with Crippen LogP contribution in [0.3, 0.4) is 0 Å². The van der Waals surface area contributed by atoms with Gasteiger partial charge >= 0.3 is 0 Å². The number of guanidine groups is 1. The fourth-order valence-corrected chi connectivity index (χ4v) is 2.54. The maximum atomic E-state index is 4.22. The molecule has 1 saturated heterocycles. The predicted octanol–water partition coefficient (Wildman–Crippen LogP) is 0.356. The molecule has 0 aliphatic carbocycles. The summed E-state index contributed by atoms with van der Waals surface area (Å²) >= 11 is 0. The number of nitrogens with zero attached hydrogens (tertiary/aromatic N) is 5. The van der Waals surface area contributed by atoms with Crippen LogP contribution < -0.4 is 10.6 Å². The van der Waals surface area contributed by atoms with Gasteiger partial charge in [0.2, 0.25) is 0 Å². The summed E-state index contributed by atoms with van der Waals surface area (Å²) in [5, 5.41) is 10.6. The minimum absolute atomic E-state index is 0.629. The molecular formula is C14H27N7. The SMILES string of the molecule is CN=C(NCCCCN1CCCC1)NCc1ncnn1C. The molecule has 7 heteroatoms. The molecule has 0 unspecified atom stereocenters. The number of aryl methyl sites for hydroxylation is 1. The molecule has 0 bridgehead atoms. The summed E-state index contributed by atoms with van der Waals surface area (Å²) in [7, 11) is 3.68. The Labute approximate surface area is 126 Å². The first-order valence-electron chi connectivity index (χ1n) is 7.79. The molecule has 1 aliphatic heterocycles. The highest BCUT2D eigenvalue weighted by atomic mass is 15.3. The van der Waals surface area contributed by atoms with Gasteiger partial charge in [0.05, 0.1) is 6.54 Å². The van der Waals surface area contributed by atoms with E-state index >= 15 is 0 Å². The zero-order valence-corrected chi connectivity index (χ0v) is 13.2. The molecule has 0 radical (unpaired) electrons. The third-order valence-corrected chi connectivity index (χ3v) is 3.83. The summed E-state index contributed by atoms with van der Waals surface area (Å²) in [6.07, 6.45) is 6.72. The zero-order valence-electron chi connectivity index (χ0n) is 13.2. The van der Waals surface area contributed by atoms with Crippen molar-refractivity contribution in [2.75, 3.05) is 33.2 Å². The maximum absolute atomic E-state index is 4.22. The van der Waals surface area contributed by atoms with E-state index < -0.39 is 0 Å². The van der Waals surface area contributed by atoms with Crippen LogP contribution in [0, 0.1) is 0 Å². The Morgan fingerprint density at radius 2 is 2.10 bits per heavy atom. The van der Waals surface area contributed by atoms with Crippen molar-refractivity contribution in [3.05, 3.63) is 12.2 Å². The highest BCUT2D eigenvalue weighted by Crippen LogP contribution is 2.07. The van der Waals surface area contributed by atoms with E-state index in [0.29, 0.717) is 6.54 Å². The third-order valence-electron chi connectivity index (χ3n) is 3.83. The van der Waals surface area contributed by atoms with Gasteiger partial charge < -0.3 is 15.5 Å². The first-order valence-corrected chi connectivity index (χ1v) is 7.79. The molecule has 0 atom stereocenters. The second-order valence-corrected chi connectivity index (χ2v) is 5.41. The monoisotopic (exact) mass is 293 g/mol. The van der Waals surface area contributed by atoms with E-state index in [9.17, 15) is 0 Å². The van der Waals surface area contributed by atoms with Crippen LogP contribution in [0.4, 0.5) is 0 Å². The average molecular weight is 293 g/mol. The Morgan fingerprint density at radius 1 is 1.29 bits per heavy atom. The minimum atomic E-state index is 0.629. The van der Waals surface area contributed by atoms with Crippen LogP contribution in [0.2, 0.25) is 0 Å². The number of aromatic nitrogens is 3. The lowest BCUT2D eigenvalue weighted by molar-refractivity contribution is 0.330. The minimum Gasteiger partial charge on any atom is -0.356 e. The lowest BCUT2D eigenvalue weighted by Gasteiger charge is -2.15. The first-order chi connectivity index (χ1) is 10.3. The van der Waals surface area contributed by atoms with Gasteiger partial charge in [0.15, 0.2) is 5.96 Å². The molecular weight excluding hydrogens is 266 g/mol. The number of aliphatic imine (C=N–C) groups is 1. The number of hydrogen-bond donors (Lipinski definition) is 2. The van der Waals surface area contributed by atoms with Crippen molar-refractivity contribution < 1.29 is 0 Å². The highest BCUT2D eigenvalue weighted by molar-refractivity contribution is 5.79. The Morgan fingerprint density at radius 3 is 2.76 bits per heavy atom. The summed E-state index contributed by atoms with van der Waals surface area (Å²) in [6, 6.07) is 0. The molecule has 2 rings (SSSR count). The van der Waals surface area contributed by atoms with Crippen molar-refractivity contribution in [3.63, 3.8) is 0 Å². The summed E-state index contributed by atoms with van der Waals surface area (Å²) < 4.78 is 1.76. The van der Waals surface area contributed by atoms with E-state index in [1.807, 2.05) is 7.05 Å². The Kier molecular flexibility index (Phi) is 6.46. The normalized spacial score (nSPS) is 16.4. The van der Waals surface area contributed by atoms with Crippen LogP contribution in [0.15, 0.2) is 11.3 Å². The van der Waals surface area contributed by atoms with E-state index in [2.05, 4.69) is 30.6 Å². The molecule has 1 aromatic heterocycles. The Bertz CT molecular complexity index is 434. The highest BCUT2D eigenvalue weighted by Gasteiger charge is 2.10. The topological polar surface area (TPSA) is 70.4 Å². The fraction of sp³-hybridized carbons (Fsp3) is 0.786. The summed E-state index contributed by atoms with van der Waals surface area (Å²) in [5.74, 6) is 1.71. The van der Waals surface area contributed by atoms with E-state index in [4.69, 9.17) is 0 Å². The van der Waals surface area contributed by atoms with E-state index in [1.54, 1.807) is 18.1 Å². The van der Waals surface area contributed by atoms with Crippen LogP contribution in [0.5, 0.6) is 0 Å². The number of hydrogen-bond acceptors (Lipinski definition) is 4. The summed E-state index contributed by atoms with van der Waals surface area (Å²) in [4.78, 5) is 11.0. The van der Waals surface area contributed by atoms with Gasteiger partial charge in [-0.15, -0.1) is 0 Å². The van der Waals surface area contributed by atoms with E-state index in [1.165, 1.54) is 45.3 Å². The lowest BCUT2D eigenvalue weighted by Crippen LogP contribution is -2.38. The predicted molar refractivity (Wildman–Crippen MR) is 84.1 cm³/mol. The van der Waals surface area contributed by atoms with Gasteiger partial charge in [0.25, 0.3) is 0 Å². The molecule has 0 amide bonds. The molecule has 0 aromatic carbocycles. The molecule has 1 fully saturated rings. The van der Waals surface area contributed by atoms with Gasteiger partial charge in [0, 0.05) is 20.6 Å². The maximum Gasteiger partial charge on any atom is 0.191 e. The van der Waals surface area contributed by atoms with Crippen molar-refractivity contribution in [1.29, 1.82) is 0 Å². The van der Waals surface area contributed by atoms with Crippen molar-refractivity contribution in [3.8, 4) is 0 Å². The van der Waals surface area contributed by atoms with Gasteiger partial charge in [-0.1, -0.05) is 0 Å². The molecule has 2 N–H and O–H groups in total. The molecule has 0 saturated carbocycles. The van der Waals surface area contributed by atoms with Gasteiger partial charge in [-0.05, 0) is 45.3 Å². The fourth-order valence-electron chi connectivity index (χ4n) is 2.54. The molecule has 0 spiro atoms. The Balaban J connectivity index is 1.56. The number of unbranched alkanes of at least 4 members (excludes halogenated alkanes) is 1. The van der Waals surface area contributed by atoms with Crippen molar-refractivity contribution in [1.82, 2.24) is 30.3 Å². The first kappa shape index (κ1) is 15.8. The van der Waals surface area contributed by atoms with Crippen LogP contribution >= 0.6 is 0 Å². The number of likely N-dealkylation sites (tertiary alicyclic amines) is 1. The average Bonchev–Trinajstić information content (AvgIpc) is 3.14. The van der Waals surface area contributed by atoms with Gasteiger partial charge in [-0.25, -0.2) is 4.98 Å². The van der Waals surface area contributed by atoms with Gasteiger partial charge in [0.1, 0.15) is 12.2 Å². The van der Waals surface area contributed by atoms with Crippen LogP contribution in [0.1, 0.15) is 31.5 Å². The zero-order chi connectivity index (χ0) is 14.9.